The van der Waals surface area contributed by atoms with Crippen LogP contribution in [-0.2, 0) is 16.1 Å². The molecule has 0 saturated heterocycles. The number of nitrogens with one attached hydrogen (secondary N) is 1. The molecule has 1 atom stereocenters. The maximum Gasteiger partial charge on any atom is 0.333 e. The number of fused-ring (bicyclic) bond motifs is 2. The number of esters is 1. The molecule has 1 aliphatic rings. The number of ether oxygens (including phenoxy) is 2. The van der Waals surface area contributed by atoms with Gasteiger partial charge in [0.25, 0.3) is 5.91 Å². The van der Waals surface area contributed by atoms with Gasteiger partial charge >= 0.3 is 5.97 Å². The van der Waals surface area contributed by atoms with Crippen LogP contribution in [0.15, 0.2) is 48.5 Å². The van der Waals surface area contributed by atoms with E-state index in [1.165, 1.54) is 12.0 Å². The lowest BCUT2D eigenvalue weighted by atomic mass is 10.1. The Morgan fingerprint density at radius 3 is 2.69 bits per heavy atom. The Bertz CT molecular complexity index is 1010. The minimum absolute atomic E-state index is 0.255. The summed E-state index contributed by atoms with van der Waals surface area (Å²) in [4.78, 5) is 30.2. The number of nitrogens with zero attached hydrogens (tertiary/aromatic N) is 1. The third-order valence-electron chi connectivity index (χ3n) is 4.76. The minimum Gasteiger partial charge on any atom is -0.496 e. The van der Waals surface area contributed by atoms with Crippen LogP contribution in [0.5, 0.6) is 5.75 Å². The molecule has 1 amide bonds. The summed E-state index contributed by atoms with van der Waals surface area (Å²) in [7, 11) is 2.92. The zero-order valence-corrected chi connectivity index (χ0v) is 14.5. The van der Waals surface area contributed by atoms with E-state index in [4.69, 9.17) is 9.47 Å². The summed E-state index contributed by atoms with van der Waals surface area (Å²) in [5.74, 6) is -0.0149. The normalized spacial score (nSPS) is 15.8. The van der Waals surface area contributed by atoms with Crippen LogP contribution in [-0.4, -0.2) is 36.0 Å². The summed E-state index contributed by atoms with van der Waals surface area (Å²) in [6.45, 7) is 0.362. The highest BCUT2D eigenvalue weighted by Gasteiger charge is 2.39. The van der Waals surface area contributed by atoms with Crippen molar-refractivity contribution in [2.24, 2.45) is 0 Å². The Balaban J connectivity index is 1.75. The summed E-state index contributed by atoms with van der Waals surface area (Å²) >= 11 is 0. The molecular formula is C20H18N2O4. The second-order valence-corrected chi connectivity index (χ2v) is 6.16. The van der Waals surface area contributed by atoms with Crippen LogP contribution >= 0.6 is 0 Å². The van der Waals surface area contributed by atoms with Gasteiger partial charge in [-0.15, -0.1) is 0 Å². The molecule has 3 aromatic rings. The molecule has 4 rings (SSSR count). The summed E-state index contributed by atoms with van der Waals surface area (Å²) in [6, 6.07) is 14.1. The number of methoxy groups -OCH3 is 2. The number of hydrogen-bond acceptors (Lipinski definition) is 4. The van der Waals surface area contributed by atoms with Crippen molar-refractivity contribution in [3.05, 3.63) is 65.4 Å². The number of aromatic nitrogens is 1. The van der Waals surface area contributed by atoms with Crippen molar-refractivity contribution in [3.8, 4) is 5.75 Å². The zero-order chi connectivity index (χ0) is 18.3. The van der Waals surface area contributed by atoms with Crippen molar-refractivity contribution < 1.29 is 19.1 Å². The molecule has 26 heavy (non-hydrogen) atoms. The van der Waals surface area contributed by atoms with E-state index in [0.717, 1.165) is 22.0 Å². The van der Waals surface area contributed by atoms with Crippen molar-refractivity contribution >= 4 is 22.8 Å². The van der Waals surface area contributed by atoms with Gasteiger partial charge in [0, 0.05) is 17.4 Å². The highest BCUT2D eigenvalue weighted by Crippen LogP contribution is 2.36. The Labute approximate surface area is 150 Å². The van der Waals surface area contributed by atoms with E-state index in [0.29, 0.717) is 18.0 Å². The van der Waals surface area contributed by atoms with Crippen LogP contribution in [0, 0.1) is 0 Å². The average molecular weight is 350 g/mol. The maximum atomic E-state index is 13.2. The van der Waals surface area contributed by atoms with Crippen molar-refractivity contribution in [1.82, 2.24) is 9.88 Å². The number of H-pyrrole nitrogens is 1. The lowest BCUT2D eigenvalue weighted by molar-refractivity contribution is -0.145. The zero-order valence-electron chi connectivity index (χ0n) is 14.5. The molecule has 0 radical (unpaired) electrons. The summed E-state index contributed by atoms with van der Waals surface area (Å²) < 4.78 is 10.3. The van der Waals surface area contributed by atoms with E-state index >= 15 is 0 Å². The van der Waals surface area contributed by atoms with Gasteiger partial charge in [0.2, 0.25) is 0 Å². The Kier molecular flexibility index (Phi) is 3.88. The van der Waals surface area contributed by atoms with Gasteiger partial charge in [0.1, 0.15) is 11.4 Å². The molecular weight excluding hydrogens is 332 g/mol. The molecule has 0 aliphatic carbocycles. The molecule has 132 valence electrons. The van der Waals surface area contributed by atoms with Gasteiger partial charge in [-0.2, -0.15) is 0 Å². The van der Waals surface area contributed by atoms with E-state index in [1.54, 1.807) is 13.2 Å². The number of rotatable bonds is 3. The molecule has 6 nitrogen and oxygen atoms in total. The highest BCUT2D eigenvalue weighted by molar-refractivity contribution is 6.01. The van der Waals surface area contributed by atoms with E-state index in [2.05, 4.69) is 4.98 Å². The fourth-order valence-corrected chi connectivity index (χ4v) is 3.52. The lowest BCUT2D eigenvalue weighted by Gasteiger charge is -2.22. The van der Waals surface area contributed by atoms with Gasteiger partial charge in [-0.05, 0) is 29.3 Å². The first kappa shape index (κ1) is 16.2. The molecule has 2 aromatic carbocycles. The summed E-state index contributed by atoms with van der Waals surface area (Å²) in [6.07, 6.45) is 0. The van der Waals surface area contributed by atoms with E-state index in [1.807, 2.05) is 42.5 Å². The Hall–Kier alpha value is -3.28. The number of benzene rings is 2. The highest BCUT2D eigenvalue weighted by atomic mass is 16.5. The topological polar surface area (TPSA) is 71.6 Å². The fourth-order valence-electron chi connectivity index (χ4n) is 3.52. The Morgan fingerprint density at radius 1 is 1.12 bits per heavy atom. The monoisotopic (exact) mass is 350 g/mol. The number of aromatic amines is 1. The predicted molar refractivity (Wildman–Crippen MR) is 95.9 cm³/mol. The maximum absolute atomic E-state index is 13.2. The van der Waals surface area contributed by atoms with Crippen LogP contribution in [0.1, 0.15) is 27.7 Å². The first-order chi connectivity index (χ1) is 12.6. The van der Waals surface area contributed by atoms with Gasteiger partial charge in [-0.3, -0.25) is 4.79 Å². The molecule has 1 aliphatic heterocycles. The van der Waals surface area contributed by atoms with Crippen LogP contribution < -0.4 is 4.74 Å². The molecule has 0 spiro atoms. The van der Waals surface area contributed by atoms with Gasteiger partial charge in [-0.1, -0.05) is 30.3 Å². The number of carbonyl (C=O) groups excluding carboxylic acids is 2. The van der Waals surface area contributed by atoms with E-state index < -0.39 is 12.0 Å². The van der Waals surface area contributed by atoms with Gasteiger partial charge in [-0.25, -0.2) is 4.79 Å². The summed E-state index contributed by atoms with van der Waals surface area (Å²) in [5, 5.41) is 0.824. The standard InChI is InChI=1S/C20H18N2O4/c1-25-17-9-5-8-15-14(17)10-16(21-15)19(23)22-11-12-6-3-4-7-13(12)18(22)20(24)26-2/h3-10,18,21H,11H2,1-2H3. The lowest BCUT2D eigenvalue weighted by Crippen LogP contribution is -2.34. The third-order valence-corrected chi connectivity index (χ3v) is 4.76. The Morgan fingerprint density at radius 2 is 1.92 bits per heavy atom. The second kappa shape index (κ2) is 6.22. The van der Waals surface area contributed by atoms with E-state index in [-0.39, 0.29) is 5.91 Å². The quantitative estimate of drug-likeness (QED) is 0.737. The van der Waals surface area contributed by atoms with Crippen molar-refractivity contribution in [3.63, 3.8) is 0 Å². The molecule has 2 heterocycles. The summed E-state index contributed by atoms with van der Waals surface area (Å²) in [5.41, 5.74) is 2.97. The second-order valence-electron chi connectivity index (χ2n) is 6.16. The number of carbonyl (C=O) groups is 2. The van der Waals surface area contributed by atoms with Crippen LogP contribution in [0.2, 0.25) is 0 Å². The first-order valence-corrected chi connectivity index (χ1v) is 8.26. The van der Waals surface area contributed by atoms with Crippen LogP contribution in [0.25, 0.3) is 10.9 Å². The predicted octanol–water partition coefficient (Wildman–Crippen LogP) is 3.05. The third kappa shape index (κ3) is 2.42. The molecule has 0 fully saturated rings. The number of amides is 1. The minimum atomic E-state index is -0.739. The molecule has 1 N–H and O–H groups in total. The molecule has 1 unspecified atom stereocenters. The smallest absolute Gasteiger partial charge is 0.333 e. The van der Waals surface area contributed by atoms with Crippen LogP contribution in [0.4, 0.5) is 0 Å². The largest absolute Gasteiger partial charge is 0.496 e. The van der Waals surface area contributed by atoms with Gasteiger partial charge in [0.05, 0.1) is 14.2 Å². The van der Waals surface area contributed by atoms with Crippen molar-refractivity contribution in [1.29, 1.82) is 0 Å². The fraction of sp³-hybridized carbons (Fsp3) is 0.200. The molecule has 6 heteroatoms. The first-order valence-electron chi connectivity index (χ1n) is 8.26. The average Bonchev–Trinajstić information content (AvgIpc) is 3.28. The molecule has 0 bridgehead atoms. The van der Waals surface area contributed by atoms with Gasteiger partial charge < -0.3 is 19.4 Å². The van der Waals surface area contributed by atoms with Crippen LogP contribution in [0.3, 0.4) is 0 Å². The van der Waals surface area contributed by atoms with Gasteiger partial charge in [0.15, 0.2) is 6.04 Å². The molecule has 0 saturated carbocycles. The van der Waals surface area contributed by atoms with Crippen molar-refractivity contribution in [2.75, 3.05) is 14.2 Å². The molecule has 1 aromatic heterocycles. The SMILES string of the molecule is COC(=O)C1c2ccccc2CN1C(=O)c1cc2c(OC)cccc2[nH]1. The van der Waals surface area contributed by atoms with E-state index in [9.17, 15) is 9.59 Å². The number of hydrogen-bond donors (Lipinski definition) is 1. The van der Waals surface area contributed by atoms with Crippen molar-refractivity contribution in [2.45, 2.75) is 12.6 Å².